The molecule has 0 aliphatic heterocycles. The molecule has 0 N–H and O–H groups in total. The number of rotatable bonds is 11. The average molecular weight is 431 g/mol. The lowest BCUT2D eigenvalue weighted by atomic mass is 10.1. The molecule has 0 atom stereocenters. The van der Waals surface area contributed by atoms with E-state index in [1.807, 2.05) is 24.3 Å². The van der Waals surface area contributed by atoms with E-state index in [-0.39, 0.29) is 12.4 Å². The molecule has 27 heavy (non-hydrogen) atoms. The molecule has 0 fully saturated rings. The smallest absolute Gasteiger partial charge is 0.119 e. The van der Waals surface area contributed by atoms with Crippen molar-refractivity contribution >= 4 is 35.6 Å². The van der Waals surface area contributed by atoms with Crippen molar-refractivity contribution in [2.24, 2.45) is 0 Å². The van der Waals surface area contributed by atoms with Crippen LogP contribution in [0.2, 0.25) is 10.0 Å². The van der Waals surface area contributed by atoms with Crippen LogP contribution in [0.25, 0.3) is 0 Å². The van der Waals surface area contributed by atoms with Gasteiger partial charge in [-0.3, -0.25) is 0 Å². The Morgan fingerprint density at radius 3 is 2.15 bits per heavy atom. The first-order valence-corrected chi connectivity index (χ1v) is 10.3. The molecule has 5 heteroatoms. The first-order valence-electron chi connectivity index (χ1n) is 9.50. The highest BCUT2D eigenvalue weighted by molar-refractivity contribution is 6.35. The summed E-state index contributed by atoms with van der Waals surface area (Å²) in [5.74, 6) is 0.860. The van der Waals surface area contributed by atoms with Gasteiger partial charge in [0.25, 0.3) is 0 Å². The van der Waals surface area contributed by atoms with Crippen molar-refractivity contribution in [1.82, 2.24) is 4.90 Å². The monoisotopic (exact) mass is 429 g/mol. The fourth-order valence-corrected chi connectivity index (χ4v) is 3.49. The molecule has 0 amide bonds. The van der Waals surface area contributed by atoms with Crippen molar-refractivity contribution in [3.63, 3.8) is 0 Å². The first kappa shape index (κ1) is 24.1. The van der Waals surface area contributed by atoms with E-state index in [1.165, 1.54) is 44.5 Å². The van der Waals surface area contributed by atoms with Gasteiger partial charge in [-0.2, -0.15) is 0 Å². The summed E-state index contributed by atoms with van der Waals surface area (Å²) in [6.45, 7) is 8.52. The van der Waals surface area contributed by atoms with Gasteiger partial charge in [0.15, 0.2) is 0 Å². The number of benzene rings is 2. The second-order valence-corrected chi connectivity index (χ2v) is 7.46. The summed E-state index contributed by atoms with van der Waals surface area (Å²) in [5.41, 5.74) is 2.29. The van der Waals surface area contributed by atoms with Crippen molar-refractivity contribution in [2.45, 2.75) is 46.1 Å². The van der Waals surface area contributed by atoms with Crippen LogP contribution in [-0.4, -0.2) is 24.5 Å². The third-order valence-electron chi connectivity index (χ3n) is 4.35. The highest BCUT2D eigenvalue weighted by Gasteiger charge is 2.04. The van der Waals surface area contributed by atoms with E-state index in [2.05, 4.69) is 30.9 Å². The Morgan fingerprint density at radius 2 is 1.56 bits per heavy atom. The predicted octanol–water partition coefficient (Wildman–Crippen LogP) is 7.05. The van der Waals surface area contributed by atoms with Gasteiger partial charge in [-0.1, -0.05) is 55.2 Å². The molecule has 0 heterocycles. The summed E-state index contributed by atoms with van der Waals surface area (Å²) < 4.78 is 5.84. The van der Waals surface area contributed by atoms with Crippen LogP contribution >= 0.6 is 35.6 Å². The van der Waals surface area contributed by atoms with Gasteiger partial charge in [0, 0.05) is 15.6 Å². The molecule has 150 valence electrons. The minimum atomic E-state index is 0. The molecule has 2 aromatic rings. The molecule has 2 rings (SSSR count). The molecule has 0 saturated heterocycles. The van der Waals surface area contributed by atoms with E-state index in [4.69, 9.17) is 27.9 Å². The predicted molar refractivity (Wildman–Crippen MR) is 120 cm³/mol. The molecule has 0 saturated carbocycles. The largest absolute Gasteiger partial charge is 0.489 e. The van der Waals surface area contributed by atoms with Crippen LogP contribution in [0.3, 0.4) is 0 Å². The number of nitrogens with zero attached hydrogens (tertiary/aromatic N) is 1. The van der Waals surface area contributed by atoms with Crippen LogP contribution in [0.15, 0.2) is 42.5 Å². The third-order valence-corrected chi connectivity index (χ3v) is 4.94. The maximum atomic E-state index is 6.18. The SMILES string of the molecule is CCCN(CCC)CCCc1ccc(OCc2ccc(Cl)cc2Cl)cc1.Cl. The van der Waals surface area contributed by atoms with Gasteiger partial charge in [0.1, 0.15) is 12.4 Å². The van der Waals surface area contributed by atoms with Crippen LogP contribution in [-0.2, 0) is 13.0 Å². The van der Waals surface area contributed by atoms with Gasteiger partial charge in [0.05, 0.1) is 0 Å². The molecule has 0 radical (unpaired) electrons. The Labute approximate surface area is 180 Å². The van der Waals surface area contributed by atoms with Gasteiger partial charge >= 0.3 is 0 Å². The minimum absolute atomic E-state index is 0. The maximum absolute atomic E-state index is 6.18. The number of halogens is 3. The van der Waals surface area contributed by atoms with Crippen molar-refractivity contribution < 1.29 is 4.74 Å². The van der Waals surface area contributed by atoms with E-state index in [0.717, 1.165) is 17.7 Å². The van der Waals surface area contributed by atoms with E-state index in [0.29, 0.717) is 16.7 Å². The zero-order chi connectivity index (χ0) is 18.8. The molecule has 2 nitrogen and oxygen atoms in total. The zero-order valence-electron chi connectivity index (χ0n) is 16.2. The highest BCUT2D eigenvalue weighted by Crippen LogP contribution is 2.23. The van der Waals surface area contributed by atoms with Crippen molar-refractivity contribution in [1.29, 1.82) is 0 Å². The van der Waals surface area contributed by atoms with E-state index < -0.39 is 0 Å². The molecule has 0 spiro atoms. The summed E-state index contributed by atoms with van der Waals surface area (Å²) in [6, 6.07) is 13.9. The van der Waals surface area contributed by atoms with Crippen LogP contribution in [0.5, 0.6) is 5.75 Å². The Balaban J connectivity index is 0.00000364. The second-order valence-electron chi connectivity index (χ2n) is 6.61. The van der Waals surface area contributed by atoms with Crippen molar-refractivity contribution in [2.75, 3.05) is 19.6 Å². The van der Waals surface area contributed by atoms with Crippen molar-refractivity contribution in [3.8, 4) is 5.75 Å². The van der Waals surface area contributed by atoms with Crippen LogP contribution in [0.4, 0.5) is 0 Å². The molecular weight excluding hydrogens is 401 g/mol. The summed E-state index contributed by atoms with van der Waals surface area (Å²) in [4.78, 5) is 2.56. The fourth-order valence-electron chi connectivity index (χ4n) is 3.03. The Bertz CT molecular complexity index is 655. The lowest BCUT2D eigenvalue weighted by Crippen LogP contribution is -2.26. The Kier molecular flexibility index (Phi) is 11.9. The normalized spacial score (nSPS) is 10.7. The van der Waals surface area contributed by atoms with Gasteiger partial charge < -0.3 is 9.64 Å². The van der Waals surface area contributed by atoms with Crippen LogP contribution in [0, 0.1) is 0 Å². The second kappa shape index (κ2) is 13.3. The number of hydrogen-bond acceptors (Lipinski definition) is 2. The summed E-state index contributed by atoms with van der Waals surface area (Å²) in [6.07, 6.45) is 4.75. The molecule has 2 aromatic carbocycles. The van der Waals surface area contributed by atoms with E-state index in [9.17, 15) is 0 Å². The van der Waals surface area contributed by atoms with Gasteiger partial charge in [-0.25, -0.2) is 0 Å². The standard InChI is InChI=1S/C22H29Cl2NO.ClH/c1-3-13-25(14-4-2)15-5-6-18-7-11-21(12-8-18)26-17-19-9-10-20(23)16-22(19)24;/h7-12,16H,3-6,13-15,17H2,1-2H3;1H. The quantitative estimate of drug-likeness (QED) is 0.378. The molecule has 0 aromatic heterocycles. The molecule has 0 aliphatic rings. The fraction of sp³-hybridized carbons (Fsp3) is 0.455. The number of ether oxygens (including phenoxy) is 1. The summed E-state index contributed by atoms with van der Waals surface area (Å²) >= 11 is 12.1. The summed E-state index contributed by atoms with van der Waals surface area (Å²) in [7, 11) is 0. The third kappa shape index (κ3) is 8.74. The molecule has 0 aliphatic carbocycles. The maximum Gasteiger partial charge on any atom is 0.119 e. The Morgan fingerprint density at radius 1 is 0.889 bits per heavy atom. The summed E-state index contributed by atoms with van der Waals surface area (Å²) in [5, 5.41) is 1.28. The first-order chi connectivity index (χ1) is 12.6. The number of hydrogen-bond donors (Lipinski definition) is 0. The molecular formula is C22H30Cl3NO. The average Bonchev–Trinajstić information content (AvgIpc) is 2.62. The topological polar surface area (TPSA) is 12.5 Å². The molecule has 0 unspecified atom stereocenters. The lowest BCUT2D eigenvalue weighted by Gasteiger charge is -2.20. The minimum Gasteiger partial charge on any atom is -0.489 e. The lowest BCUT2D eigenvalue weighted by molar-refractivity contribution is 0.271. The molecule has 0 bridgehead atoms. The van der Waals surface area contributed by atoms with E-state index >= 15 is 0 Å². The highest BCUT2D eigenvalue weighted by atomic mass is 35.5. The Hall–Kier alpha value is -0.930. The van der Waals surface area contributed by atoms with Crippen molar-refractivity contribution in [3.05, 3.63) is 63.6 Å². The van der Waals surface area contributed by atoms with Gasteiger partial charge in [-0.15, -0.1) is 12.4 Å². The van der Waals surface area contributed by atoms with Gasteiger partial charge in [-0.05, 0) is 75.1 Å². The van der Waals surface area contributed by atoms with Crippen LogP contribution < -0.4 is 4.74 Å². The number of aryl methyl sites for hydroxylation is 1. The van der Waals surface area contributed by atoms with E-state index in [1.54, 1.807) is 6.07 Å². The van der Waals surface area contributed by atoms with Gasteiger partial charge in [0.2, 0.25) is 0 Å². The van der Waals surface area contributed by atoms with Crippen LogP contribution in [0.1, 0.15) is 44.2 Å². The zero-order valence-corrected chi connectivity index (χ0v) is 18.5.